The molecule has 10 nitrogen and oxygen atoms in total. The molecule has 1 aromatic heterocycles. The Balaban J connectivity index is 1.85. The van der Waals surface area contributed by atoms with E-state index >= 15 is 0 Å². The number of phenolic OH excluding ortho intramolecular Hbond substituents is 3. The number of aromatic hydroxyl groups is 3. The van der Waals surface area contributed by atoms with E-state index in [1.807, 2.05) is 0 Å². The van der Waals surface area contributed by atoms with E-state index in [9.17, 15) is 30.6 Å². The van der Waals surface area contributed by atoms with Gasteiger partial charge in [0.2, 0.25) is 12.0 Å². The van der Waals surface area contributed by atoms with Crippen LogP contribution in [0.5, 0.6) is 28.7 Å². The monoisotopic (exact) mass is 433 g/mol. The van der Waals surface area contributed by atoms with Gasteiger partial charge < -0.3 is 44.8 Å². The third-order valence-electron chi connectivity index (χ3n) is 5.00. The van der Waals surface area contributed by atoms with E-state index < -0.39 is 31.2 Å². The Kier molecular flexibility index (Phi) is 5.46. The molecule has 6 N–H and O–H groups in total. The molecule has 0 bridgehead atoms. The number of rotatable bonds is 5. The Morgan fingerprint density at radius 3 is 2.42 bits per heavy atom. The van der Waals surface area contributed by atoms with Gasteiger partial charge in [-0.2, -0.15) is 0 Å². The van der Waals surface area contributed by atoms with Crippen LogP contribution in [-0.4, -0.2) is 69.0 Å². The minimum atomic E-state index is -1.46. The minimum Gasteiger partial charge on any atom is -0.507 e. The molecular formula is C21H21O10+. The maximum Gasteiger partial charge on any atom is 0.402 e. The zero-order valence-electron chi connectivity index (χ0n) is 16.3. The van der Waals surface area contributed by atoms with E-state index in [2.05, 4.69) is 0 Å². The van der Waals surface area contributed by atoms with Crippen molar-refractivity contribution in [3.63, 3.8) is 0 Å². The Morgan fingerprint density at radius 2 is 1.74 bits per heavy atom. The highest BCUT2D eigenvalue weighted by Gasteiger charge is 2.45. The van der Waals surface area contributed by atoms with Crippen LogP contribution in [0.25, 0.3) is 22.3 Å². The molecule has 1 fully saturated rings. The lowest BCUT2D eigenvalue weighted by molar-refractivity contribution is -0.116. The summed E-state index contributed by atoms with van der Waals surface area (Å²) in [6.07, 6.45) is -5.20. The summed E-state index contributed by atoms with van der Waals surface area (Å²) < 4.78 is 22.1. The van der Waals surface area contributed by atoms with Crippen LogP contribution in [0.3, 0.4) is 0 Å². The number of phenols is 3. The maximum absolute atomic E-state index is 10.2. The van der Waals surface area contributed by atoms with Crippen molar-refractivity contribution in [2.45, 2.75) is 24.6 Å². The van der Waals surface area contributed by atoms with Crippen LogP contribution >= 0.6 is 0 Å². The lowest BCUT2D eigenvalue weighted by atomic mass is 10.1. The first-order valence-electron chi connectivity index (χ1n) is 9.31. The van der Waals surface area contributed by atoms with Crippen molar-refractivity contribution in [2.75, 3.05) is 13.7 Å². The molecule has 1 aliphatic heterocycles. The van der Waals surface area contributed by atoms with Crippen molar-refractivity contribution in [1.82, 2.24) is 0 Å². The third kappa shape index (κ3) is 3.77. The van der Waals surface area contributed by atoms with Crippen molar-refractivity contribution in [3.05, 3.63) is 36.4 Å². The second-order valence-corrected chi connectivity index (χ2v) is 7.03. The zero-order valence-corrected chi connectivity index (χ0v) is 16.3. The maximum atomic E-state index is 10.2. The fraction of sp³-hybridized carbons (Fsp3) is 0.286. The first-order chi connectivity index (χ1) is 14.8. The van der Waals surface area contributed by atoms with Crippen molar-refractivity contribution in [1.29, 1.82) is 0 Å². The van der Waals surface area contributed by atoms with Crippen LogP contribution in [0.1, 0.15) is 0 Å². The fourth-order valence-electron chi connectivity index (χ4n) is 3.38. The lowest BCUT2D eigenvalue weighted by Crippen LogP contribution is -2.35. The average Bonchev–Trinajstić information content (AvgIpc) is 3.02. The Hall–Kier alpha value is -3.31. The van der Waals surface area contributed by atoms with Gasteiger partial charge in [-0.05, 0) is 12.1 Å². The lowest BCUT2D eigenvalue weighted by Gasteiger charge is -2.16. The van der Waals surface area contributed by atoms with Crippen molar-refractivity contribution < 1.29 is 49.3 Å². The number of aliphatic hydroxyl groups is 3. The second kappa shape index (κ2) is 8.08. The topological polar surface area (TPSA) is 160 Å². The van der Waals surface area contributed by atoms with Crippen LogP contribution in [0.4, 0.5) is 0 Å². The number of fused-ring (bicyclic) bond motifs is 1. The number of hydrogen-bond donors (Lipinski definition) is 6. The molecule has 0 radical (unpaired) electrons. The first kappa shape index (κ1) is 20.9. The molecule has 2 aromatic carbocycles. The summed E-state index contributed by atoms with van der Waals surface area (Å²) >= 11 is 0. The molecule has 0 amide bonds. The predicted octanol–water partition coefficient (Wildman–Crippen LogP) is 1.32. The molecule has 0 spiro atoms. The van der Waals surface area contributed by atoms with Gasteiger partial charge >= 0.3 is 11.3 Å². The van der Waals surface area contributed by atoms with Gasteiger partial charge in [0.25, 0.3) is 0 Å². The number of ether oxygens (including phenoxy) is 3. The summed E-state index contributed by atoms with van der Waals surface area (Å²) in [7, 11) is 1.38. The number of hydrogen-bond acceptors (Lipinski definition) is 9. The Labute approximate surface area is 175 Å². The van der Waals surface area contributed by atoms with E-state index in [1.54, 1.807) is 0 Å². The van der Waals surface area contributed by atoms with Gasteiger partial charge in [0, 0.05) is 18.2 Å². The normalized spacial score (nSPS) is 23.2. The largest absolute Gasteiger partial charge is 0.507 e. The van der Waals surface area contributed by atoms with Crippen molar-refractivity contribution in [2.24, 2.45) is 0 Å². The van der Waals surface area contributed by atoms with E-state index in [0.29, 0.717) is 5.56 Å². The molecule has 1 saturated heterocycles. The van der Waals surface area contributed by atoms with Crippen LogP contribution < -0.4 is 9.47 Å². The smallest absolute Gasteiger partial charge is 0.402 e. The molecule has 0 saturated carbocycles. The van der Waals surface area contributed by atoms with Gasteiger partial charge in [-0.1, -0.05) is 0 Å². The van der Waals surface area contributed by atoms with Gasteiger partial charge in [0.1, 0.15) is 35.2 Å². The summed E-state index contributed by atoms with van der Waals surface area (Å²) in [5, 5.41) is 59.6. The van der Waals surface area contributed by atoms with Gasteiger partial charge in [0.05, 0.1) is 25.3 Å². The number of benzene rings is 2. The molecule has 0 aliphatic carbocycles. The van der Waals surface area contributed by atoms with E-state index in [1.165, 1.54) is 37.4 Å². The summed E-state index contributed by atoms with van der Waals surface area (Å²) in [6.45, 7) is -0.526. The molecule has 10 heteroatoms. The minimum absolute atomic E-state index is 0.0241. The number of aliphatic hydroxyl groups excluding tert-OH is 3. The van der Waals surface area contributed by atoms with Crippen molar-refractivity contribution >= 4 is 11.0 Å². The molecule has 31 heavy (non-hydrogen) atoms. The molecule has 1 aliphatic rings. The molecule has 4 rings (SSSR count). The molecule has 1 unspecified atom stereocenters. The van der Waals surface area contributed by atoms with Crippen LogP contribution in [-0.2, 0) is 4.74 Å². The van der Waals surface area contributed by atoms with E-state index in [4.69, 9.17) is 18.6 Å². The van der Waals surface area contributed by atoms with E-state index in [0.717, 1.165) is 6.07 Å². The molecular weight excluding hydrogens is 412 g/mol. The summed E-state index contributed by atoms with van der Waals surface area (Å²) in [5.74, 6) is -0.317. The van der Waals surface area contributed by atoms with Crippen LogP contribution in [0.15, 0.2) is 40.8 Å². The average molecular weight is 433 g/mol. The molecule has 2 heterocycles. The molecule has 3 aromatic rings. The highest BCUT2D eigenvalue weighted by atomic mass is 16.7. The Bertz CT molecular complexity index is 1120. The second-order valence-electron chi connectivity index (χ2n) is 7.03. The first-order valence-corrected chi connectivity index (χ1v) is 9.31. The summed E-state index contributed by atoms with van der Waals surface area (Å²) in [4.78, 5) is 0. The Morgan fingerprint density at radius 1 is 0.968 bits per heavy atom. The molecule has 4 atom stereocenters. The van der Waals surface area contributed by atoms with E-state index in [-0.39, 0.29) is 45.5 Å². The summed E-state index contributed by atoms with van der Waals surface area (Å²) in [5.41, 5.74) is 0.536. The zero-order chi connectivity index (χ0) is 22.3. The standard InChI is InChI=1S/C21H20O10/c1-28-15-4-9(2-3-12(15)24)20-16(30-21-19(27)18(26)17(8-22)31-21)7-11-13(25)5-10(23)6-14(11)29-20/h2-7,17-19,21-22,26-27H,8H2,1H3,(H2-,23,24,25)/p+1/t17-,18-,19+,21?/m1/s1. The highest BCUT2D eigenvalue weighted by molar-refractivity contribution is 5.88. The van der Waals surface area contributed by atoms with Gasteiger partial charge in [-0.3, -0.25) is 0 Å². The quantitative estimate of drug-likeness (QED) is 0.324. The third-order valence-corrected chi connectivity index (χ3v) is 5.00. The number of methoxy groups -OCH3 is 1. The van der Waals surface area contributed by atoms with Gasteiger partial charge in [-0.25, -0.2) is 4.42 Å². The fourth-order valence-corrected chi connectivity index (χ4v) is 3.38. The highest BCUT2D eigenvalue weighted by Crippen LogP contribution is 2.42. The van der Waals surface area contributed by atoms with Crippen LogP contribution in [0, 0.1) is 0 Å². The SMILES string of the molecule is COc1cc(-c2[o+]c3cc(O)cc(O)c3cc2OC2O[C@H](CO)[C@@H](O)[C@@H]2O)ccc1O. The van der Waals surface area contributed by atoms with Crippen LogP contribution in [0.2, 0.25) is 0 Å². The summed E-state index contributed by atoms with van der Waals surface area (Å²) in [6, 6.07) is 8.22. The van der Waals surface area contributed by atoms with Gasteiger partial charge in [0.15, 0.2) is 11.5 Å². The molecule has 164 valence electrons. The van der Waals surface area contributed by atoms with Crippen molar-refractivity contribution in [3.8, 4) is 40.1 Å². The predicted molar refractivity (Wildman–Crippen MR) is 106 cm³/mol. The van der Waals surface area contributed by atoms with Gasteiger partial charge in [-0.15, -0.1) is 0 Å².